The quantitative estimate of drug-likeness (QED) is 0.819. The number of aliphatic carboxylic acids is 1. The monoisotopic (exact) mass is 290 g/mol. The molecule has 5 heteroatoms. The summed E-state index contributed by atoms with van der Waals surface area (Å²) in [6.07, 6.45) is 3.67. The van der Waals surface area contributed by atoms with Crippen molar-refractivity contribution in [1.82, 2.24) is 10.2 Å². The summed E-state index contributed by atoms with van der Waals surface area (Å²) in [5.74, 6) is -0.829. The number of nitrogens with one attached hydrogen (secondary N) is 1. The van der Waals surface area contributed by atoms with Crippen molar-refractivity contribution < 1.29 is 14.7 Å². The van der Waals surface area contributed by atoms with E-state index >= 15 is 0 Å². The van der Waals surface area contributed by atoms with Crippen LogP contribution in [0.2, 0.25) is 0 Å². The van der Waals surface area contributed by atoms with Gasteiger partial charge in [-0.3, -0.25) is 4.79 Å². The van der Waals surface area contributed by atoms with Crippen LogP contribution in [-0.2, 0) is 4.79 Å². The van der Waals surface area contributed by atoms with Crippen molar-refractivity contribution in [2.24, 2.45) is 0 Å². The van der Waals surface area contributed by atoms with Crippen molar-refractivity contribution in [3.05, 3.63) is 35.9 Å². The van der Waals surface area contributed by atoms with E-state index in [4.69, 9.17) is 5.11 Å². The van der Waals surface area contributed by atoms with E-state index in [0.717, 1.165) is 31.4 Å². The summed E-state index contributed by atoms with van der Waals surface area (Å²) in [5, 5.41) is 11.4. The van der Waals surface area contributed by atoms with Gasteiger partial charge in [0.1, 0.15) is 0 Å². The van der Waals surface area contributed by atoms with Gasteiger partial charge in [0.05, 0.1) is 6.04 Å². The topological polar surface area (TPSA) is 69.6 Å². The summed E-state index contributed by atoms with van der Waals surface area (Å²) < 4.78 is 0. The first-order valence-electron chi connectivity index (χ1n) is 7.49. The number of hydrogen-bond acceptors (Lipinski definition) is 2. The molecule has 21 heavy (non-hydrogen) atoms. The lowest BCUT2D eigenvalue weighted by molar-refractivity contribution is -0.137. The number of carboxylic acid groups (broad SMARTS) is 1. The lowest BCUT2D eigenvalue weighted by Gasteiger charge is -2.36. The number of carboxylic acids is 1. The maximum atomic E-state index is 12.3. The minimum Gasteiger partial charge on any atom is -0.481 e. The number of carbonyl (C=O) groups excluding carboxylic acids is 1. The predicted octanol–water partition coefficient (Wildman–Crippen LogP) is 2.79. The highest BCUT2D eigenvalue weighted by atomic mass is 16.4. The second-order valence-corrected chi connectivity index (χ2v) is 5.34. The molecule has 2 amide bonds. The van der Waals surface area contributed by atoms with Gasteiger partial charge in [-0.05, 0) is 31.2 Å². The molecule has 1 heterocycles. The van der Waals surface area contributed by atoms with E-state index in [2.05, 4.69) is 17.4 Å². The number of amides is 2. The van der Waals surface area contributed by atoms with Crippen LogP contribution >= 0.6 is 0 Å². The van der Waals surface area contributed by atoms with Gasteiger partial charge in [0.25, 0.3) is 0 Å². The Morgan fingerprint density at radius 2 is 2.00 bits per heavy atom. The van der Waals surface area contributed by atoms with Gasteiger partial charge in [-0.15, -0.1) is 0 Å². The second kappa shape index (κ2) is 7.67. The maximum absolute atomic E-state index is 12.3. The zero-order valence-corrected chi connectivity index (χ0v) is 12.1. The third-order valence-corrected chi connectivity index (χ3v) is 3.79. The lowest BCUT2D eigenvalue weighted by Crippen LogP contribution is -2.44. The molecule has 0 spiro atoms. The Kier molecular flexibility index (Phi) is 5.60. The molecule has 1 aliphatic rings. The molecule has 0 bridgehead atoms. The Labute approximate surface area is 125 Å². The Balaban J connectivity index is 1.92. The van der Waals surface area contributed by atoms with Crippen LogP contribution in [0.1, 0.15) is 43.7 Å². The summed E-state index contributed by atoms with van der Waals surface area (Å²) >= 11 is 0. The van der Waals surface area contributed by atoms with Crippen LogP contribution in [0.15, 0.2) is 30.3 Å². The Morgan fingerprint density at radius 3 is 2.71 bits per heavy atom. The zero-order valence-electron chi connectivity index (χ0n) is 12.1. The first-order valence-corrected chi connectivity index (χ1v) is 7.49. The first kappa shape index (κ1) is 15.4. The molecule has 0 saturated carbocycles. The van der Waals surface area contributed by atoms with Crippen LogP contribution in [-0.4, -0.2) is 35.1 Å². The largest absolute Gasteiger partial charge is 0.481 e. The van der Waals surface area contributed by atoms with E-state index in [-0.39, 0.29) is 18.5 Å². The molecule has 0 aromatic heterocycles. The van der Waals surface area contributed by atoms with E-state index in [1.807, 2.05) is 23.1 Å². The fraction of sp³-hybridized carbons (Fsp3) is 0.500. The SMILES string of the molecule is O=C(O)CCCNC(=O)N1CCCCC1c1ccccc1. The molecule has 114 valence electrons. The fourth-order valence-electron chi connectivity index (χ4n) is 2.73. The van der Waals surface area contributed by atoms with Crippen LogP contribution in [0.5, 0.6) is 0 Å². The van der Waals surface area contributed by atoms with Crippen LogP contribution in [0.3, 0.4) is 0 Å². The summed E-state index contributed by atoms with van der Waals surface area (Å²) in [4.78, 5) is 24.6. The molecular weight excluding hydrogens is 268 g/mol. The number of piperidine rings is 1. The third-order valence-electron chi connectivity index (χ3n) is 3.79. The number of rotatable bonds is 5. The van der Waals surface area contributed by atoms with E-state index in [1.165, 1.54) is 0 Å². The van der Waals surface area contributed by atoms with Gasteiger partial charge in [-0.1, -0.05) is 30.3 Å². The van der Waals surface area contributed by atoms with Crippen molar-refractivity contribution >= 4 is 12.0 Å². The molecule has 1 aromatic carbocycles. The molecule has 1 atom stereocenters. The van der Waals surface area contributed by atoms with Crippen molar-refractivity contribution in [2.45, 2.75) is 38.1 Å². The molecular formula is C16H22N2O3. The van der Waals surface area contributed by atoms with E-state index in [9.17, 15) is 9.59 Å². The van der Waals surface area contributed by atoms with Gasteiger partial charge in [-0.2, -0.15) is 0 Å². The van der Waals surface area contributed by atoms with E-state index in [1.54, 1.807) is 0 Å². The molecule has 0 aliphatic carbocycles. The standard InChI is InChI=1S/C16H22N2O3/c19-15(20)10-6-11-17-16(21)18-12-5-4-9-14(18)13-7-2-1-3-8-13/h1-3,7-8,14H,4-6,9-12H2,(H,17,21)(H,19,20). The highest BCUT2D eigenvalue weighted by Gasteiger charge is 2.27. The highest BCUT2D eigenvalue weighted by Crippen LogP contribution is 2.30. The first-order chi connectivity index (χ1) is 10.2. The van der Waals surface area contributed by atoms with Crippen molar-refractivity contribution in [1.29, 1.82) is 0 Å². The summed E-state index contributed by atoms with van der Waals surface area (Å²) in [6.45, 7) is 1.16. The zero-order chi connectivity index (χ0) is 15.1. The average Bonchev–Trinajstić information content (AvgIpc) is 2.52. The van der Waals surface area contributed by atoms with Crippen LogP contribution in [0.25, 0.3) is 0 Å². The van der Waals surface area contributed by atoms with Gasteiger partial charge in [0, 0.05) is 19.5 Å². The fourth-order valence-corrected chi connectivity index (χ4v) is 2.73. The third kappa shape index (κ3) is 4.48. The molecule has 1 saturated heterocycles. The summed E-state index contributed by atoms with van der Waals surface area (Å²) in [5.41, 5.74) is 1.16. The number of nitrogens with zero attached hydrogens (tertiary/aromatic N) is 1. The number of likely N-dealkylation sites (tertiary alicyclic amines) is 1. The van der Waals surface area contributed by atoms with E-state index in [0.29, 0.717) is 13.0 Å². The molecule has 2 N–H and O–H groups in total. The Bertz CT molecular complexity index is 476. The average molecular weight is 290 g/mol. The van der Waals surface area contributed by atoms with Gasteiger partial charge in [0.2, 0.25) is 0 Å². The van der Waals surface area contributed by atoms with E-state index < -0.39 is 5.97 Å². The second-order valence-electron chi connectivity index (χ2n) is 5.34. The van der Waals surface area contributed by atoms with Gasteiger partial charge < -0.3 is 15.3 Å². The summed E-state index contributed by atoms with van der Waals surface area (Å²) in [6, 6.07) is 10.1. The minimum atomic E-state index is -0.829. The highest BCUT2D eigenvalue weighted by molar-refractivity contribution is 5.75. The molecule has 5 nitrogen and oxygen atoms in total. The van der Waals surface area contributed by atoms with Gasteiger partial charge in [0.15, 0.2) is 0 Å². The van der Waals surface area contributed by atoms with Gasteiger partial charge >= 0.3 is 12.0 Å². The molecule has 1 fully saturated rings. The number of benzene rings is 1. The molecule has 1 aliphatic heterocycles. The predicted molar refractivity (Wildman–Crippen MR) is 80.0 cm³/mol. The van der Waals surface area contributed by atoms with Gasteiger partial charge in [-0.25, -0.2) is 4.79 Å². The Hall–Kier alpha value is -2.04. The molecule has 1 aromatic rings. The van der Waals surface area contributed by atoms with Crippen LogP contribution in [0, 0.1) is 0 Å². The smallest absolute Gasteiger partial charge is 0.317 e. The minimum absolute atomic E-state index is 0.0857. The number of hydrogen-bond donors (Lipinski definition) is 2. The lowest BCUT2D eigenvalue weighted by atomic mass is 9.95. The van der Waals surface area contributed by atoms with Crippen LogP contribution < -0.4 is 5.32 Å². The van der Waals surface area contributed by atoms with Crippen molar-refractivity contribution in [3.63, 3.8) is 0 Å². The normalized spacial score (nSPS) is 18.3. The summed E-state index contributed by atoms with van der Waals surface area (Å²) in [7, 11) is 0. The van der Waals surface area contributed by atoms with Crippen LogP contribution in [0.4, 0.5) is 4.79 Å². The maximum Gasteiger partial charge on any atom is 0.317 e. The molecule has 1 unspecified atom stereocenters. The van der Waals surface area contributed by atoms with Crippen molar-refractivity contribution in [2.75, 3.05) is 13.1 Å². The molecule has 0 radical (unpaired) electrons. The number of carbonyl (C=O) groups is 2. The Morgan fingerprint density at radius 1 is 1.24 bits per heavy atom. The molecule has 2 rings (SSSR count). The van der Waals surface area contributed by atoms with Crippen molar-refractivity contribution in [3.8, 4) is 0 Å². The number of urea groups is 1.